The van der Waals surface area contributed by atoms with E-state index < -0.39 is 5.69 Å². The van der Waals surface area contributed by atoms with Crippen LogP contribution in [0, 0.1) is 0 Å². The van der Waals surface area contributed by atoms with Gasteiger partial charge < -0.3 is 0 Å². The molecule has 0 spiro atoms. The van der Waals surface area contributed by atoms with Crippen molar-refractivity contribution in [2.75, 3.05) is 0 Å². The van der Waals surface area contributed by atoms with Crippen molar-refractivity contribution in [1.82, 2.24) is 34.6 Å². The lowest BCUT2D eigenvalue weighted by molar-refractivity contribution is 0.598. The normalized spacial score (nSPS) is 11.1. The van der Waals surface area contributed by atoms with Crippen LogP contribution in [0.4, 0.5) is 0 Å². The second-order valence-electron chi connectivity index (χ2n) is 7.26. The van der Waals surface area contributed by atoms with Gasteiger partial charge in [-0.2, -0.15) is 9.36 Å². The van der Waals surface area contributed by atoms with E-state index in [1.165, 1.54) is 21.1 Å². The van der Waals surface area contributed by atoms with Crippen LogP contribution in [-0.4, -0.2) is 34.6 Å². The van der Waals surface area contributed by atoms with Crippen LogP contribution in [0.3, 0.4) is 0 Å². The van der Waals surface area contributed by atoms with Crippen LogP contribution < -0.4 is 5.69 Å². The summed E-state index contributed by atoms with van der Waals surface area (Å²) < 4.78 is 4.38. The highest BCUT2D eigenvalue weighted by Crippen LogP contribution is 2.28. The maximum absolute atomic E-state index is 13.0. The predicted octanol–water partition coefficient (Wildman–Crippen LogP) is 4.66. The van der Waals surface area contributed by atoms with Gasteiger partial charge in [0.05, 0.1) is 5.69 Å². The summed E-state index contributed by atoms with van der Waals surface area (Å²) in [6, 6.07) is 24.2. The van der Waals surface area contributed by atoms with Crippen LogP contribution in [0.15, 0.2) is 88.8 Å². The molecule has 5 aromatic rings. The van der Waals surface area contributed by atoms with Gasteiger partial charge in [-0.05, 0) is 58.5 Å². The number of hydrogen-bond donors (Lipinski definition) is 0. The topological polar surface area (TPSA) is 83.4 Å². The fourth-order valence-electron chi connectivity index (χ4n) is 3.34. The highest BCUT2D eigenvalue weighted by atomic mass is 35.5. The summed E-state index contributed by atoms with van der Waals surface area (Å²) in [6.07, 6.45) is 0. The van der Waals surface area contributed by atoms with Crippen LogP contribution >= 0.6 is 35.0 Å². The number of halogens is 2. The van der Waals surface area contributed by atoms with Crippen molar-refractivity contribution in [3.05, 3.63) is 111 Å². The summed E-state index contributed by atoms with van der Waals surface area (Å²) in [7, 11) is 0. The summed E-state index contributed by atoms with van der Waals surface area (Å²) in [6.45, 7) is 0.0982. The maximum atomic E-state index is 13.0. The van der Waals surface area contributed by atoms with Gasteiger partial charge in [-0.25, -0.2) is 4.79 Å². The van der Waals surface area contributed by atoms with E-state index in [0.29, 0.717) is 32.5 Å². The molecule has 3 aromatic carbocycles. The Hall–Kier alpha value is -3.40. The lowest BCUT2D eigenvalue weighted by Crippen LogP contribution is -2.25. The van der Waals surface area contributed by atoms with E-state index in [0.717, 1.165) is 11.3 Å². The largest absolute Gasteiger partial charge is 0.368 e. The molecule has 0 unspecified atom stereocenters. The number of aromatic nitrogens is 7. The van der Waals surface area contributed by atoms with Crippen molar-refractivity contribution in [2.24, 2.45) is 0 Å². The average Bonchev–Trinajstić information content (AvgIpc) is 3.43. The van der Waals surface area contributed by atoms with Gasteiger partial charge in [0.15, 0.2) is 11.0 Å². The third-order valence-corrected chi connectivity index (χ3v) is 6.63. The maximum Gasteiger partial charge on any atom is 0.368 e. The minimum Gasteiger partial charge on any atom is -0.272 e. The number of nitrogens with zero attached hydrogens (tertiary/aromatic N) is 7. The Labute approximate surface area is 208 Å². The van der Waals surface area contributed by atoms with Gasteiger partial charge in [0, 0.05) is 21.5 Å². The smallest absolute Gasteiger partial charge is 0.272 e. The van der Waals surface area contributed by atoms with Crippen molar-refractivity contribution in [2.45, 2.75) is 17.5 Å². The molecule has 5 rings (SSSR count). The molecule has 170 valence electrons. The number of thioether (sulfide) groups is 1. The molecule has 0 atom stereocenters. The molecule has 8 nitrogen and oxygen atoms in total. The standard InChI is InChI=1S/C23H17Cl2N7OS/c24-17-10-12-19(13-11-17)32-23(33)30(28-29-32)14-21-26-27-22(31(21)18-7-2-1-3-8-18)34-15-16-6-4-5-9-20(16)25/h1-13H,14-15H2. The van der Waals surface area contributed by atoms with Crippen LogP contribution in [0.2, 0.25) is 10.0 Å². The fourth-order valence-corrected chi connectivity index (χ4v) is 4.72. The molecule has 0 aliphatic rings. The fraction of sp³-hybridized carbons (Fsp3) is 0.0870. The quantitative estimate of drug-likeness (QED) is 0.296. The third-order valence-electron chi connectivity index (χ3n) is 5.03. The average molecular weight is 510 g/mol. The van der Waals surface area contributed by atoms with Crippen LogP contribution in [0.5, 0.6) is 0 Å². The molecule has 0 N–H and O–H groups in total. The lowest BCUT2D eigenvalue weighted by atomic mass is 10.2. The Bertz CT molecular complexity index is 1480. The molecule has 0 saturated heterocycles. The number of para-hydroxylation sites is 1. The molecule has 2 heterocycles. The van der Waals surface area contributed by atoms with E-state index in [1.54, 1.807) is 24.3 Å². The van der Waals surface area contributed by atoms with Crippen molar-refractivity contribution >= 4 is 35.0 Å². The van der Waals surface area contributed by atoms with Crippen molar-refractivity contribution in [3.8, 4) is 11.4 Å². The molecule has 0 fully saturated rings. The van der Waals surface area contributed by atoms with Crippen molar-refractivity contribution in [1.29, 1.82) is 0 Å². The summed E-state index contributed by atoms with van der Waals surface area (Å²) in [4.78, 5) is 13.0. The highest BCUT2D eigenvalue weighted by Gasteiger charge is 2.18. The van der Waals surface area contributed by atoms with E-state index in [4.69, 9.17) is 23.2 Å². The van der Waals surface area contributed by atoms with Gasteiger partial charge in [0.1, 0.15) is 6.54 Å². The molecule has 0 amide bonds. The first kappa shape index (κ1) is 22.4. The molecular weight excluding hydrogens is 493 g/mol. The SMILES string of the molecule is O=c1n(Cc2nnc(SCc3ccccc3Cl)n2-c2ccccc2)nnn1-c1ccc(Cl)cc1. The monoisotopic (exact) mass is 509 g/mol. The molecule has 0 aliphatic heterocycles. The van der Waals surface area contributed by atoms with Gasteiger partial charge in [-0.15, -0.1) is 10.2 Å². The van der Waals surface area contributed by atoms with E-state index in [1.807, 2.05) is 59.2 Å². The zero-order chi connectivity index (χ0) is 23.5. The summed E-state index contributed by atoms with van der Waals surface area (Å²) >= 11 is 13.8. The van der Waals surface area contributed by atoms with Gasteiger partial charge in [0.25, 0.3) is 0 Å². The highest BCUT2D eigenvalue weighted by molar-refractivity contribution is 7.98. The Kier molecular flexibility index (Phi) is 6.48. The Balaban J connectivity index is 1.47. The van der Waals surface area contributed by atoms with Crippen molar-refractivity contribution in [3.63, 3.8) is 0 Å². The molecular formula is C23H17Cl2N7OS. The molecule has 2 aromatic heterocycles. The van der Waals surface area contributed by atoms with E-state index >= 15 is 0 Å². The second-order valence-corrected chi connectivity index (χ2v) is 9.04. The summed E-state index contributed by atoms with van der Waals surface area (Å²) in [5, 5.41) is 18.7. The van der Waals surface area contributed by atoms with Gasteiger partial charge in [-0.1, -0.05) is 71.4 Å². The summed E-state index contributed by atoms with van der Waals surface area (Å²) in [5.74, 6) is 1.18. The Morgan fingerprint density at radius 3 is 2.29 bits per heavy atom. The zero-order valence-electron chi connectivity index (χ0n) is 17.6. The molecule has 0 aliphatic carbocycles. The molecule has 34 heavy (non-hydrogen) atoms. The molecule has 0 bridgehead atoms. The van der Waals surface area contributed by atoms with Gasteiger partial charge >= 0.3 is 5.69 Å². The first-order chi connectivity index (χ1) is 16.6. The van der Waals surface area contributed by atoms with Crippen LogP contribution in [0.25, 0.3) is 11.4 Å². The molecule has 11 heteroatoms. The van der Waals surface area contributed by atoms with E-state index in [9.17, 15) is 4.79 Å². The van der Waals surface area contributed by atoms with E-state index in [-0.39, 0.29) is 6.54 Å². The minimum atomic E-state index is -0.393. The molecule has 0 radical (unpaired) electrons. The van der Waals surface area contributed by atoms with Crippen LogP contribution in [0.1, 0.15) is 11.4 Å². The second kappa shape index (κ2) is 9.84. The third kappa shape index (κ3) is 4.63. The van der Waals surface area contributed by atoms with Crippen molar-refractivity contribution < 1.29 is 0 Å². The van der Waals surface area contributed by atoms with E-state index in [2.05, 4.69) is 20.6 Å². The molecule has 0 saturated carbocycles. The Morgan fingerprint density at radius 1 is 0.794 bits per heavy atom. The Morgan fingerprint density at radius 2 is 1.53 bits per heavy atom. The van der Waals surface area contributed by atoms with Gasteiger partial charge in [0.2, 0.25) is 0 Å². The summed E-state index contributed by atoms with van der Waals surface area (Å²) in [5.41, 5.74) is 2.05. The predicted molar refractivity (Wildman–Crippen MR) is 132 cm³/mol. The number of rotatable bonds is 7. The number of benzene rings is 3. The number of hydrogen-bond acceptors (Lipinski definition) is 6. The zero-order valence-corrected chi connectivity index (χ0v) is 20.0. The first-order valence-electron chi connectivity index (χ1n) is 10.2. The first-order valence-corrected chi connectivity index (χ1v) is 12.0. The minimum absolute atomic E-state index is 0.0982. The number of tetrazole rings is 1. The van der Waals surface area contributed by atoms with Crippen LogP contribution in [-0.2, 0) is 12.3 Å². The lowest BCUT2D eigenvalue weighted by Gasteiger charge is -2.10. The van der Waals surface area contributed by atoms with Gasteiger partial charge in [-0.3, -0.25) is 4.57 Å².